The first-order valence-electron chi connectivity index (χ1n) is 6.49. The third-order valence-electron chi connectivity index (χ3n) is 2.82. The van der Waals surface area contributed by atoms with Gasteiger partial charge in [0.2, 0.25) is 0 Å². The van der Waals surface area contributed by atoms with Crippen LogP contribution in [-0.4, -0.2) is 26.2 Å². The van der Waals surface area contributed by atoms with Crippen molar-refractivity contribution in [3.63, 3.8) is 0 Å². The molecule has 2 rings (SSSR count). The fourth-order valence-corrected chi connectivity index (χ4v) is 1.78. The molecule has 0 saturated heterocycles. The van der Waals surface area contributed by atoms with Gasteiger partial charge in [0.05, 0.1) is 12.7 Å². The van der Waals surface area contributed by atoms with E-state index in [0.717, 1.165) is 11.5 Å². The average Bonchev–Trinajstić information content (AvgIpc) is 2.52. The van der Waals surface area contributed by atoms with Gasteiger partial charge < -0.3 is 19.9 Å². The highest BCUT2D eigenvalue weighted by Gasteiger charge is 2.07. The van der Waals surface area contributed by atoms with Crippen molar-refractivity contribution in [2.24, 2.45) is 5.73 Å². The molecule has 21 heavy (non-hydrogen) atoms. The minimum absolute atomic E-state index is 0.316. The third kappa shape index (κ3) is 4.14. The van der Waals surface area contributed by atoms with Crippen LogP contribution < -0.4 is 19.9 Å². The molecule has 0 aliphatic rings. The molecule has 0 bridgehead atoms. The van der Waals surface area contributed by atoms with E-state index in [9.17, 15) is 4.79 Å². The minimum atomic E-state index is -0.512. The normalized spacial score (nSPS) is 9.95. The zero-order valence-electron chi connectivity index (χ0n) is 11.7. The summed E-state index contributed by atoms with van der Waals surface area (Å²) in [6.07, 6.45) is 0. The molecule has 1 amide bonds. The molecule has 0 radical (unpaired) electrons. The van der Waals surface area contributed by atoms with Crippen LogP contribution in [0.25, 0.3) is 0 Å². The number of rotatable bonds is 7. The van der Waals surface area contributed by atoms with Crippen molar-refractivity contribution in [3.8, 4) is 17.2 Å². The maximum Gasteiger partial charge on any atom is 0.252 e. The van der Waals surface area contributed by atoms with E-state index in [4.69, 9.17) is 19.9 Å². The highest BCUT2D eigenvalue weighted by atomic mass is 16.5. The first-order valence-corrected chi connectivity index (χ1v) is 6.49. The number of hydrogen-bond donors (Lipinski definition) is 1. The smallest absolute Gasteiger partial charge is 0.252 e. The van der Waals surface area contributed by atoms with Gasteiger partial charge in [-0.3, -0.25) is 4.79 Å². The van der Waals surface area contributed by atoms with Crippen LogP contribution in [0.1, 0.15) is 10.4 Å². The number of methoxy groups -OCH3 is 1. The summed E-state index contributed by atoms with van der Waals surface area (Å²) in [7, 11) is 1.61. The van der Waals surface area contributed by atoms with Gasteiger partial charge in [-0.2, -0.15) is 0 Å². The van der Waals surface area contributed by atoms with Gasteiger partial charge in [0.25, 0.3) is 5.91 Å². The van der Waals surface area contributed by atoms with E-state index >= 15 is 0 Å². The summed E-state index contributed by atoms with van der Waals surface area (Å²) in [5.41, 5.74) is 5.64. The molecular weight excluding hydrogens is 270 g/mol. The van der Waals surface area contributed by atoms with Gasteiger partial charge >= 0.3 is 0 Å². The number of benzene rings is 2. The standard InChI is InChI=1S/C16H17NO4/c1-19-12-6-8-13(9-7-12)20-10-11-21-15-5-3-2-4-14(15)16(17)18/h2-9H,10-11H2,1H3,(H2,17,18). The molecule has 0 aliphatic heterocycles. The summed E-state index contributed by atoms with van der Waals surface area (Å²) in [5.74, 6) is 1.45. The van der Waals surface area contributed by atoms with Gasteiger partial charge in [-0.15, -0.1) is 0 Å². The van der Waals surface area contributed by atoms with Crippen molar-refractivity contribution >= 4 is 5.91 Å². The molecule has 5 nitrogen and oxygen atoms in total. The summed E-state index contributed by atoms with van der Waals surface area (Å²) < 4.78 is 16.1. The highest BCUT2D eigenvalue weighted by molar-refractivity contribution is 5.95. The predicted octanol–water partition coefficient (Wildman–Crippen LogP) is 2.25. The Morgan fingerprint density at radius 1 is 0.952 bits per heavy atom. The van der Waals surface area contributed by atoms with Crippen LogP contribution in [0.5, 0.6) is 17.2 Å². The molecule has 2 aromatic rings. The van der Waals surface area contributed by atoms with Gasteiger partial charge in [-0.1, -0.05) is 12.1 Å². The van der Waals surface area contributed by atoms with Crippen LogP contribution in [0.2, 0.25) is 0 Å². The molecule has 0 unspecified atom stereocenters. The first kappa shape index (κ1) is 14.7. The second kappa shape index (κ2) is 7.19. The first-order chi connectivity index (χ1) is 10.2. The Labute approximate surface area is 123 Å². The van der Waals surface area contributed by atoms with E-state index in [1.807, 2.05) is 24.3 Å². The van der Waals surface area contributed by atoms with Crippen LogP contribution in [0.4, 0.5) is 0 Å². The van der Waals surface area contributed by atoms with Crippen molar-refractivity contribution in [3.05, 3.63) is 54.1 Å². The molecule has 0 atom stereocenters. The Hall–Kier alpha value is -2.69. The fraction of sp³-hybridized carbons (Fsp3) is 0.188. The monoisotopic (exact) mass is 287 g/mol. The second-order valence-electron chi connectivity index (χ2n) is 4.23. The van der Waals surface area contributed by atoms with Gasteiger partial charge in [-0.25, -0.2) is 0 Å². The molecule has 0 aromatic heterocycles. The summed E-state index contributed by atoms with van der Waals surface area (Å²) >= 11 is 0. The molecule has 2 aromatic carbocycles. The molecule has 0 saturated carbocycles. The van der Waals surface area contributed by atoms with Crippen molar-refractivity contribution < 1.29 is 19.0 Å². The molecule has 110 valence electrons. The van der Waals surface area contributed by atoms with Gasteiger partial charge in [0, 0.05) is 0 Å². The number of nitrogens with two attached hydrogens (primary N) is 1. The SMILES string of the molecule is COc1ccc(OCCOc2ccccc2C(N)=O)cc1. The Kier molecular flexibility index (Phi) is 5.04. The third-order valence-corrected chi connectivity index (χ3v) is 2.82. The van der Waals surface area contributed by atoms with E-state index < -0.39 is 5.91 Å². The van der Waals surface area contributed by atoms with E-state index in [1.54, 1.807) is 31.4 Å². The van der Waals surface area contributed by atoms with E-state index in [-0.39, 0.29) is 0 Å². The minimum Gasteiger partial charge on any atom is -0.497 e. The Morgan fingerprint density at radius 3 is 2.24 bits per heavy atom. The van der Waals surface area contributed by atoms with Crippen LogP contribution in [0, 0.1) is 0 Å². The topological polar surface area (TPSA) is 70.8 Å². The molecule has 0 fully saturated rings. The number of carbonyl (C=O) groups excluding carboxylic acids is 1. The Morgan fingerprint density at radius 2 is 1.57 bits per heavy atom. The number of ether oxygens (including phenoxy) is 3. The molecule has 0 aliphatic carbocycles. The van der Waals surface area contributed by atoms with E-state index in [0.29, 0.717) is 24.5 Å². The lowest BCUT2D eigenvalue weighted by Gasteiger charge is -2.10. The maximum absolute atomic E-state index is 11.2. The number of amides is 1. The van der Waals surface area contributed by atoms with Crippen molar-refractivity contribution in [2.75, 3.05) is 20.3 Å². The van der Waals surface area contributed by atoms with Crippen molar-refractivity contribution in [2.45, 2.75) is 0 Å². The largest absolute Gasteiger partial charge is 0.497 e. The van der Waals surface area contributed by atoms with Crippen LogP contribution in [0.15, 0.2) is 48.5 Å². The van der Waals surface area contributed by atoms with Crippen molar-refractivity contribution in [1.29, 1.82) is 0 Å². The van der Waals surface area contributed by atoms with E-state index in [2.05, 4.69) is 0 Å². The highest BCUT2D eigenvalue weighted by Crippen LogP contribution is 2.18. The zero-order chi connectivity index (χ0) is 15.1. The lowest BCUT2D eigenvalue weighted by molar-refractivity contribution is 0.0995. The van der Waals surface area contributed by atoms with Gasteiger partial charge in [-0.05, 0) is 36.4 Å². The van der Waals surface area contributed by atoms with Crippen molar-refractivity contribution in [1.82, 2.24) is 0 Å². The number of para-hydroxylation sites is 1. The molecule has 0 heterocycles. The fourth-order valence-electron chi connectivity index (χ4n) is 1.78. The molecule has 5 heteroatoms. The summed E-state index contributed by atoms with van der Waals surface area (Å²) in [4.78, 5) is 11.2. The Bertz CT molecular complexity index is 595. The molecule has 2 N–H and O–H groups in total. The number of primary amides is 1. The van der Waals surface area contributed by atoms with Crippen LogP contribution in [0.3, 0.4) is 0 Å². The number of hydrogen-bond acceptors (Lipinski definition) is 4. The summed E-state index contributed by atoms with van der Waals surface area (Å²) in [6.45, 7) is 0.676. The molecular formula is C16H17NO4. The lowest BCUT2D eigenvalue weighted by atomic mass is 10.2. The quantitative estimate of drug-likeness (QED) is 0.793. The average molecular weight is 287 g/mol. The summed E-state index contributed by atoms with van der Waals surface area (Å²) in [5, 5.41) is 0. The van der Waals surface area contributed by atoms with E-state index in [1.165, 1.54) is 0 Å². The summed E-state index contributed by atoms with van der Waals surface area (Å²) in [6, 6.07) is 14.1. The van der Waals surface area contributed by atoms with Crippen LogP contribution >= 0.6 is 0 Å². The predicted molar refractivity (Wildman–Crippen MR) is 78.9 cm³/mol. The molecule has 0 spiro atoms. The van der Waals surface area contributed by atoms with Gasteiger partial charge in [0.1, 0.15) is 30.5 Å². The lowest BCUT2D eigenvalue weighted by Crippen LogP contribution is -2.15. The number of carbonyl (C=O) groups is 1. The zero-order valence-corrected chi connectivity index (χ0v) is 11.7. The Balaban J connectivity index is 1.83. The second-order valence-corrected chi connectivity index (χ2v) is 4.23. The maximum atomic E-state index is 11.2. The van der Waals surface area contributed by atoms with Gasteiger partial charge in [0.15, 0.2) is 0 Å². The van der Waals surface area contributed by atoms with Crippen LogP contribution in [-0.2, 0) is 0 Å².